The van der Waals surface area contributed by atoms with Crippen LogP contribution in [0.2, 0.25) is 5.02 Å². The molecule has 0 saturated carbocycles. The van der Waals surface area contributed by atoms with Crippen LogP contribution in [0.4, 0.5) is 0 Å². The third-order valence-corrected chi connectivity index (χ3v) is 4.30. The number of ether oxygens (including phenoxy) is 1. The van der Waals surface area contributed by atoms with Crippen LogP contribution in [0.1, 0.15) is 23.7 Å². The summed E-state index contributed by atoms with van der Waals surface area (Å²) in [5.74, 6) is -0.657. The SMILES string of the molecule is CCC(C#N)NS(=O)(=O)c1ccc(C(=O)OC)c(Cl)c1. The number of hydrogen-bond donors (Lipinski definition) is 1. The van der Waals surface area contributed by atoms with Crippen molar-refractivity contribution in [3.05, 3.63) is 28.8 Å². The summed E-state index contributed by atoms with van der Waals surface area (Å²) >= 11 is 5.86. The number of halogens is 1. The van der Waals surface area contributed by atoms with Gasteiger partial charge in [0.05, 0.1) is 28.7 Å². The number of rotatable bonds is 5. The first-order valence-electron chi connectivity index (χ1n) is 5.65. The largest absolute Gasteiger partial charge is 0.465 e. The van der Waals surface area contributed by atoms with E-state index in [1.807, 2.05) is 6.07 Å². The van der Waals surface area contributed by atoms with Crippen molar-refractivity contribution in [3.8, 4) is 6.07 Å². The van der Waals surface area contributed by atoms with E-state index < -0.39 is 22.0 Å². The molecule has 0 aliphatic carbocycles. The maximum atomic E-state index is 12.0. The molecule has 0 bridgehead atoms. The zero-order valence-corrected chi connectivity index (χ0v) is 12.5. The number of hydrogen-bond acceptors (Lipinski definition) is 5. The first-order valence-corrected chi connectivity index (χ1v) is 7.51. The average molecular weight is 317 g/mol. The fourth-order valence-corrected chi connectivity index (χ4v) is 2.97. The summed E-state index contributed by atoms with van der Waals surface area (Å²) in [6.07, 6.45) is 0.337. The number of carbonyl (C=O) groups excluding carboxylic acids is 1. The van der Waals surface area contributed by atoms with Crippen molar-refractivity contribution in [1.29, 1.82) is 5.26 Å². The molecule has 0 aliphatic rings. The molecule has 0 radical (unpaired) electrons. The van der Waals surface area contributed by atoms with Crippen molar-refractivity contribution in [1.82, 2.24) is 4.72 Å². The van der Waals surface area contributed by atoms with Crippen LogP contribution in [0.25, 0.3) is 0 Å². The van der Waals surface area contributed by atoms with Gasteiger partial charge in [-0.1, -0.05) is 18.5 Å². The van der Waals surface area contributed by atoms with E-state index in [0.29, 0.717) is 6.42 Å². The minimum Gasteiger partial charge on any atom is -0.465 e. The monoisotopic (exact) mass is 316 g/mol. The highest BCUT2D eigenvalue weighted by Crippen LogP contribution is 2.21. The molecule has 1 atom stereocenters. The zero-order valence-electron chi connectivity index (χ0n) is 10.9. The van der Waals surface area contributed by atoms with Crippen LogP contribution in [0.3, 0.4) is 0 Å². The molecule has 0 spiro atoms. The lowest BCUT2D eigenvalue weighted by Gasteiger charge is -2.11. The summed E-state index contributed by atoms with van der Waals surface area (Å²) in [6.45, 7) is 1.68. The Morgan fingerprint density at radius 2 is 2.20 bits per heavy atom. The molecule has 1 unspecified atom stereocenters. The van der Waals surface area contributed by atoms with Crippen LogP contribution in [-0.2, 0) is 14.8 Å². The van der Waals surface area contributed by atoms with Gasteiger partial charge in [0.15, 0.2) is 0 Å². The highest BCUT2D eigenvalue weighted by molar-refractivity contribution is 7.89. The van der Waals surface area contributed by atoms with Gasteiger partial charge in [0.25, 0.3) is 0 Å². The van der Waals surface area contributed by atoms with Gasteiger partial charge in [-0.15, -0.1) is 0 Å². The minimum atomic E-state index is -3.86. The van der Waals surface area contributed by atoms with Gasteiger partial charge in [-0.05, 0) is 24.6 Å². The first kappa shape index (κ1) is 16.4. The summed E-state index contributed by atoms with van der Waals surface area (Å²) in [5.41, 5.74) is 0.0699. The Bertz CT molecular complexity index is 652. The van der Waals surface area contributed by atoms with Crippen molar-refractivity contribution in [2.75, 3.05) is 7.11 Å². The van der Waals surface area contributed by atoms with Gasteiger partial charge in [0, 0.05) is 0 Å². The van der Waals surface area contributed by atoms with Crippen molar-refractivity contribution in [2.24, 2.45) is 0 Å². The van der Waals surface area contributed by atoms with E-state index in [9.17, 15) is 13.2 Å². The number of nitrogens with one attached hydrogen (secondary N) is 1. The van der Waals surface area contributed by atoms with Crippen molar-refractivity contribution in [2.45, 2.75) is 24.3 Å². The lowest BCUT2D eigenvalue weighted by atomic mass is 10.2. The summed E-state index contributed by atoms with van der Waals surface area (Å²) in [5, 5.41) is 8.74. The molecule has 6 nitrogen and oxygen atoms in total. The number of esters is 1. The van der Waals surface area contributed by atoms with Gasteiger partial charge in [-0.2, -0.15) is 9.98 Å². The standard InChI is InChI=1S/C12H13ClN2O4S/c1-3-8(7-14)15-20(17,18)9-4-5-10(11(13)6-9)12(16)19-2/h4-6,8,15H,3H2,1-2H3. The van der Waals surface area contributed by atoms with Crippen LogP contribution < -0.4 is 4.72 Å². The van der Waals surface area contributed by atoms with Gasteiger partial charge in [0.1, 0.15) is 6.04 Å². The molecule has 0 fully saturated rings. The van der Waals surface area contributed by atoms with Gasteiger partial charge in [-0.25, -0.2) is 13.2 Å². The van der Waals surface area contributed by atoms with Crippen molar-refractivity contribution < 1.29 is 17.9 Å². The quantitative estimate of drug-likeness (QED) is 0.834. The van der Waals surface area contributed by atoms with Crippen molar-refractivity contribution >= 4 is 27.6 Å². The lowest BCUT2D eigenvalue weighted by molar-refractivity contribution is 0.0601. The maximum Gasteiger partial charge on any atom is 0.339 e. The van der Waals surface area contributed by atoms with Crippen LogP contribution in [-0.4, -0.2) is 27.5 Å². The molecule has 0 aliphatic heterocycles. The van der Waals surface area contributed by atoms with E-state index in [0.717, 1.165) is 6.07 Å². The molecule has 108 valence electrons. The summed E-state index contributed by atoms with van der Waals surface area (Å²) < 4.78 is 30.8. The van der Waals surface area contributed by atoms with Gasteiger partial charge in [-0.3, -0.25) is 0 Å². The Morgan fingerprint density at radius 1 is 1.55 bits per heavy atom. The Morgan fingerprint density at radius 3 is 2.65 bits per heavy atom. The van der Waals surface area contributed by atoms with Crippen LogP contribution >= 0.6 is 11.6 Å². The average Bonchev–Trinajstić information content (AvgIpc) is 2.43. The zero-order chi connectivity index (χ0) is 15.3. The van der Waals surface area contributed by atoms with Crippen molar-refractivity contribution in [3.63, 3.8) is 0 Å². The molecule has 0 saturated heterocycles. The predicted molar refractivity (Wildman–Crippen MR) is 72.8 cm³/mol. The van der Waals surface area contributed by atoms with Gasteiger partial charge in [0.2, 0.25) is 10.0 Å². The fourth-order valence-electron chi connectivity index (χ4n) is 1.39. The second-order valence-corrected chi connectivity index (χ2v) is 5.97. The number of carbonyl (C=O) groups is 1. The molecule has 20 heavy (non-hydrogen) atoms. The van der Waals surface area contributed by atoms with Gasteiger partial charge < -0.3 is 4.74 Å². The highest BCUT2D eigenvalue weighted by atomic mass is 35.5. The number of methoxy groups -OCH3 is 1. The Hall–Kier alpha value is -1.62. The summed E-state index contributed by atoms with van der Waals surface area (Å²) in [6, 6.07) is 4.64. The molecular formula is C12H13ClN2O4S. The molecule has 1 N–H and O–H groups in total. The topological polar surface area (TPSA) is 96.3 Å². The van der Waals surface area contributed by atoms with E-state index in [-0.39, 0.29) is 15.5 Å². The third kappa shape index (κ3) is 3.70. The van der Waals surface area contributed by atoms with Crippen LogP contribution in [0.15, 0.2) is 23.1 Å². The van der Waals surface area contributed by atoms with E-state index in [1.165, 1.54) is 19.2 Å². The van der Waals surface area contributed by atoms with Crippen LogP contribution in [0, 0.1) is 11.3 Å². The highest BCUT2D eigenvalue weighted by Gasteiger charge is 2.21. The van der Waals surface area contributed by atoms with Crippen LogP contribution in [0.5, 0.6) is 0 Å². The Labute approximate surface area is 122 Å². The Balaban J connectivity index is 3.13. The molecule has 0 aromatic heterocycles. The molecular weight excluding hydrogens is 304 g/mol. The molecule has 0 amide bonds. The van der Waals surface area contributed by atoms with E-state index >= 15 is 0 Å². The Kier molecular flexibility index (Phi) is 5.51. The number of nitrogens with zero attached hydrogens (tertiary/aromatic N) is 1. The number of benzene rings is 1. The summed E-state index contributed by atoms with van der Waals surface area (Å²) in [4.78, 5) is 11.2. The fraction of sp³-hybridized carbons (Fsp3) is 0.333. The first-order chi connectivity index (χ1) is 9.35. The smallest absolute Gasteiger partial charge is 0.339 e. The summed E-state index contributed by atoms with van der Waals surface area (Å²) in [7, 11) is -2.67. The van der Waals surface area contributed by atoms with E-state index in [1.54, 1.807) is 6.92 Å². The molecule has 0 heterocycles. The molecule has 1 aromatic rings. The minimum absolute atomic E-state index is 0.0373. The number of nitriles is 1. The molecule has 1 rings (SSSR count). The van der Waals surface area contributed by atoms with Gasteiger partial charge >= 0.3 is 5.97 Å². The maximum absolute atomic E-state index is 12.0. The van der Waals surface area contributed by atoms with E-state index in [4.69, 9.17) is 16.9 Å². The predicted octanol–water partition coefficient (Wildman–Crippen LogP) is 1.71. The lowest BCUT2D eigenvalue weighted by Crippen LogP contribution is -2.33. The number of sulfonamides is 1. The third-order valence-electron chi connectivity index (χ3n) is 2.52. The second kappa shape index (κ2) is 6.70. The molecule has 8 heteroatoms. The second-order valence-electron chi connectivity index (χ2n) is 3.84. The molecule has 1 aromatic carbocycles. The van der Waals surface area contributed by atoms with E-state index in [2.05, 4.69) is 9.46 Å². The normalized spacial score (nSPS) is 12.5.